The molecule has 0 aliphatic heterocycles. The SMILES string of the molecule is O=C(NO)C1CCc2ccc(S)cc2C1. The number of aryl methyl sites for hydroxylation is 1. The second-order valence-electron chi connectivity index (χ2n) is 3.87. The van der Waals surface area contributed by atoms with Gasteiger partial charge in [-0.3, -0.25) is 10.0 Å². The molecule has 0 bridgehead atoms. The first kappa shape index (κ1) is 10.5. The van der Waals surface area contributed by atoms with Crippen molar-refractivity contribution in [3.05, 3.63) is 29.3 Å². The van der Waals surface area contributed by atoms with Gasteiger partial charge in [-0.25, -0.2) is 5.48 Å². The van der Waals surface area contributed by atoms with Crippen molar-refractivity contribution < 1.29 is 10.0 Å². The molecule has 4 heteroatoms. The minimum absolute atomic E-state index is 0.113. The zero-order valence-corrected chi connectivity index (χ0v) is 9.13. The second-order valence-corrected chi connectivity index (χ2v) is 4.39. The van der Waals surface area contributed by atoms with Crippen LogP contribution in [0.25, 0.3) is 0 Å². The molecule has 1 atom stereocenters. The van der Waals surface area contributed by atoms with E-state index in [9.17, 15) is 4.79 Å². The van der Waals surface area contributed by atoms with Gasteiger partial charge in [0.2, 0.25) is 5.91 Å². The molecule has 0 radical (unpaired) electrons. The Balaban J connectivity index is 2.22. The van der Waals surface area contributed by atoms with Gasteiger partial charge in [-0.05, 0) is 42.5 Å². The van der Waals surface area contributed by atoms with Crippen molar-refractivity contribution >= 4 is 18.5 Å². The number of fused-ring (bicyclic) bond motifs is 1. The maximum Gasteiger partial charge on any atom is 0.246 e. The van der Waals surface area contributed by atoms with Crippen molar-refractivity contribution in [3.63, 3.8) is 0 Å². The van der Waals surface area contributed by atoms with Crippen LogP contribution in [-0.4, -0.2) is 11.1 Å². The van der Waals surface area contributed by atoms with E-state index in [0.29, 0.717) is 6.42 Å². The van der Waals surface area contributed by atoms with Gasteiger partial charge in [0.1, 0.15) is 0 Å². The Labute approximate surface area is 93.9 Å². The van der Waals surface area contributed by atoms with Crippen LogP contribution >= 0.6 is 12.6 Å². The van der Waals surface area contributed by atoms with Gasteiger partial charge >= 0.3 is 0 Å². The Morgan fingerprint density at radius 2 is 2.27 bits per heavy atom. The highest BCUT2D eigenvalue weighted by atomic mass is 32.1. The number of carbonyl (C=O) groups is 1. The maximum absolute atomic E-state index is 11.3. The lowest BCUT2D eigenvalue weighted by molar-refractivity contribution is -0.133. The van der Waals surface area contributed by atoms with Gasteiger partial charge in [-0.1, -0.05) is 6.07 Å². The Morgan fingerprint density at radius 3 is 3.00 bits per heavy atom. The quantitative estimate of drug-likeness (QED) is 0.384. The molecule has 0 heterocycles. The lowest BCUT2D eigenvalue weighted by Gasteiger charge is -2.23. The fourth-order valence-corrected chi connectivity index (χ4v) is 2.29. The van der Waals surface area contributed by atoms with Crippen molar-refractivity contribution in [2.24, 2.45) is 5.92 Å². The number of carbonyl (C=O) groups excluding carboxylic acids is 1. The fraction of sp³-hybridized carbons (Fsp3) is 0.364. The number of hydrogen-bond acceptors (Lipinski definition) is 3. The van der Waals surface area contributed by atoms with Crippen LogP contribution < -0.4 is 5.48 Å². The average Bonchev–Trinajstić information content (AvgIpc) is 2.27. The minimum atomic E-state index is -0.287. The molecule has 0 saturated heterocycles. The molecule has 2 N–H and O–H groups in total. The fourth-order valence-electron chi connectivity index (χ4n) is 2.06. The van der Waals surface area contributed by atoms with Crippen LogP contribution in [0.2, 0.25) is 0 Å². The summed E-state index contributed by atoms with van der Waals surface area (Å²) in [7, 11) is 0. The van der Waals surface area contributed by atoms with E-state index in [4.69, 9.17) is 5.21 Å². The predicted octanol–water partition coefficient (Wildman–Crippen LogP) is 1.59. The monoisotopic (exact) mass is 223 g/mol. The van der Waals surface area contributed by atoms with E-state index in [1.54, 1.807) is 5.48 Å². The molecular weight excluding hydrogens is 210 g/mol. The summed E-state index contributed by atoms with van der Waals surface area (Å²) in [5.74, 6) is -0.400. The van der Waals surface area contributed by atoms with Gasteiger partial charge in [0.05, 0.1) is 0 Å². The van der Waals surface area contributed by atoms with E-state index < -0.39 is 0 Å². The van der Waals surface area contributed by atoms with E-state index >= 15 is 0 Å². The molecular formula is C11H13NO2S. The molecule has 0 saturated carbocycles. The van der Waals surface area contributed by atoms with Crippen LogP contribution in [0, 0.1) is 5.92 Å². The molecule has 0 aromatic heterocycles. The number of hydroxylamine groups is 1. The summed E-state index contributed by atoms with van der Waals surface area (Å²) in [5.41, 5.74) is 4.18. The van der Waals surface area contributed by atoms with Crippen LogP contribution in [0.15, 0.2) is 23.1 Å². The highest BCUT2D eigenvalue weighted by molar-refractivity contribution is 7.80. The largest absolute Gasteiger partial charge is 0.289 e. The van der Waals surface area contributed by atoms with Crippen LogP contribution in [0.1, 0.15) is 17.5 Å². The van der Waals surface area contributed by atoms with Gasteiger partial charge in [-0.15, -0.1) is 12.6 Å². The van der Waals surface area contributed by atoms with Gasteiger partial charge in [0.25, 0.3) is 0 Å². The van der Waals surface area contributed by atoms with Gasteiger partial charge in [0, 0.05) is 10.8 Å². The molecule has 1 aliphatic carbocycles. The zero-order valence-electron chi connectivity index (χ0n) is 8.23. The van der Waals surface area contributed by atoms with Crippen molar-refractivity contribution in [3.8, 4) is 0 Å². The third kappa shape index (κ3) is 2.16. The first-order valence-electron chi connectivity index (χ1n) is 4.95. The highest BCUT2D eigenvalue weighted by Gasteiger charge is 2.24. The van der Waals surface area contributed by atoms with E-state index in [0.717, 1.165) is 17.7 Å². The molecule has 15 heavy (non-hydrogen) atoms. The van der Waals surface area contributed by atoms with Crippen molar-refractivity contribution in [1.82, 2.24) is 5.48 Å². The molecule has 0 fully saturated rings. The predicted molar refractivity (Wildman–Crippen MR) is 59.1 cm³/mol. The summed E-state index contributed by atoms with van der Waals surface area (Å²) in [6.45, 7) is 0. The van der Waals surface area contributed by atoms with Gasteiger partial charge in [-0.2, -0.15) is 0 Å². The number of thiol groups is 1. The Hall–Kier alpha value is -1.00. The molecule has 3 nitrogen and oxygen atoms in total. The molecule has 2 rings (SSSR count). The van der Waals surface area contributed by atoms with E-state index in [1.807, 2.05) is 12.1 Å². The van der Waals surface area contributed by atoms with E-state index in [2.05, 4.69) is 18.7 Å². The lowest BCUT2D eigenvalue weighted by Crippen LogP contribution is -2.31. The summed E-state index contributed by atoms with van der Waals surface area (Å²) in [4.78, 5) is 12.2. The minimum Gasteiger partial charge on any atom is -0.289 e. The number of benzene rings is 1. The third-order valence-corrected chi connectivity index (χ3v) is 3.18. The summed E-state index contributed by atoms with van der Waals surface area (Å²) in [6.07, 6.45) is 2.38. The van der Waals surface area contributed by atoms with Gasteiger partial charge < -0.3 is 0 Å². The maximum atomic E-state index is 11.3. The lowest BCUT2D eigenvalue weighted by atomic mass is 9.83. The Morgan fingerprint density at radius 1 is 1.47 bits per heavy atom. The van der Waals surface area contributed by atoms with Crippen molar-refractivity contribution in [1.29, 1.82) is 0 Å². The van der Waals surface area contributed by atoms with Crippen LogP contribution in [-0.2, 0) is 17.6 Å². The van der Waals surface area contributed by atoms with Crippen LogP contribution in [0.5, 0.6) is 0 Å². The van der Waals surface area contributed by atoms with Crippen molar-refractivity contribution in [2.45, 2.75) is 24.2 Å². The van der Waals surface area contributed by atoms with Crippen molar-refractivity contribution in [2.75, 3.05) is 0 Å². The topological polar surface area (TPSA) is 49.3 Å². The standard InChI is InChI=1S/C11H13NO2S/c13-11(12-14)8-2-1-7-3-4-10(15)6-9(7)5-8/h3-4,6,8,14-15H,1-2,5H2,(H,12,13). The Bertz CT molecular complexity index is 392. The molecule has 1 unspecified atom stereocenters. The first-order chi connectivity index (χ1) is 7.20. The number of hydrogen-bond donors (Lipinski definition) is 3. The molecule has 0 spiro atoms. The normalized spacial score (nSPS) is 19.5. The molecule has 1 aliphatic rings. The van der Waals surface area contributed by atoms with Crippen LogP contribution in [0.3, 0.4) is 0 Å². The molecule has 80 valence electrons. The average molecular weight is 223 g/mol. The number of rotatable bonds is 1. The van der Waals surface area contributed by atoms with Crippen LogP contribution in [0.4, 0.5) is 0 Å². The van der Waals surface area contributed by atoms with E-state index in [-0.39, 0.29) is 11.8 Å². The molecule has 1 aromatic carbocycles. The van der Waals surface area contributed by atoms with Gasteiger partial charge in [0.15, 0.2) is 0 Å². The summed E-state index contributed by atoms with van der Waals surface area (Å²) < 4.78 is 0. The summed E-state index contributed by atoms with van der Waals surface area (Å²) in [5, 5.41) is 8.57. The van der Waals surface area contributed by atoms with E-state index in [1.165, 1.54) is 11.1 Å². The summed E-state index contributed by atoms with van der Waals surface area (Å²) >= 11 is 4.27. The molecule has 1 amide bonds. The highest BCUT2D eigenvalue weighted by Crippen LogP contribution is 2.27. The number of amides is 1. The molecule has 1 aromatic rings. The zero-order chi connectivity index (χ0) is 10.8. The second kappa shape index (κ2) is 4.24. The summed E-state index contributed by atoms with van der Waals surface area (Å²) in [6, 6.07) is 6.02. The Kier molecular flexibility index (Phi) is 2.98. The number of nitrogens with one attached hydrogen (secondary N) is 1. The smallest absolute Gasteiger partial charge is 0.246 e. The first-order valence-corrected chi connectivity index (χ1v) is 5.40. The third-order valence-electron chi connectivity index (χ3n) is 2.90.